The van der Waals surface area contributed by atoms with E-state index in [4.69, 9.17) is 4.74 Å². The van der Waals surface area contributed by atoms with Gasteiger partial charge in [0.25, 0.3) is 0 Å². The van der Waals surface area contributed by atoms with E-state index in [1.807, 2.05) is 0 Å². The Morgan fingerprint density at radius 1 is 1.19 bits per heavy atom. The Balaban J connectivity index is 1.83. The molecule has 116 valence electrons. The van der Waals surface area contributed by atoms with E-state index in [0.29, 0.717) is 6.04 Å². The van der Waals surface area contributed by atoms with Gasteiger partial charge in [-0.05, 0) is 69.5 Å². The number of ether oxygens (including phenoxy) is 1. The zero-order valence-electron chi connectivity index (χ0n) is 13.8. The molecule has 2 aliphatic rings. The predicted molar refractivity (Wildman–Crippen MR) is 86.8 cm³/mol. The monoisotopic (exact) mass is 288 g/mol. The minimum Gasteiger partial charge on any atom is -0.373 e. The van der Waals surface area contributed by atoms with Crippen LogP contribution in [-0.4, -0.2) is 43.8 Å². The molecule has 1 aromatic carbocycles. The van der Waals surface area contributed by atoms with Crippen LogP contribution in [0, 0.1) is 20.8 Å². The predicted octanol–water partition coefficient (Wildman–Crippen LogP) is 2.74. The molecule has 21 heavy (non-hydrogen) atoms. The molecular formula is C18H28N2O. The van der Waals surface area contributed by atoms with Crippen molar-refractivity contribution in [2.75, 3.05) is 26.7 Å². The van der Waals surface area contributed by atoms with Gasteiger partial charge in [0, 0.05) is 12.6 Å². The molecule has 0 radical (unpaired) electrons. The number of likely N-dealkylation sites (N-methyl/N-ethyl adjacent to an activating group) is 1. The molecule has 0 aliphatic carbocycles. The summed E-state index contributed by atoms with van der Waals surface area (Å²) in [6.07, 6.45) is 2.89. The molecule has 2 heterocycles. The lowest BCUT2D eigenvalue weighted by molar-refractivity contribution is -0.0643. The van der Waals surface area contributed by atoms with Gasteiger partial charge in [0.05, 0.1) is 18.8 Å². The third kappa shape index (κ3) is 2.87. The lowest BCUT2D eigenvalue weighted by atomic mass is 9.92. The molecule has 1 N–H and O–H groups in total. The van der Waals surface area contributed by atoms with Crippen molar-refractivity contribution in [3.05, 3.63) is 34.4 Å². The fourth-order valence-corrected chi connectivity index (χ4v) is 3.90. The Hall–Kier alpha value is -0.900. The standard InChI is InChI=1S/C18H28N2O/c1-12-8-14(3)16(9-13(12)2)18(19-4)17-10-20-7-5-6-15(20)11-21-17/h8-9,15,17-19H,5-7,10-11H2,1-4H3. The maximum atomic E-state index is 6.22. The van der Waals surface area contributed by atoms with E-state index >= 15 is 0 Å². The smallest absolute Gasteiger partial charge is 0.0897 e. The zero-order chi connectivity index (χ0) is 15.0. The average Bonchev–Trinajstić information content (AvgIpc) is 2.92. The van der Waals surface area contributed by atoms with Crippen LogP contribution in [0.5, 0.6) is 0 Å². The molecule has 2 saturated heterocycles. The van der Waals surface area contributed by atoms with E-state index in [1.165, 1.54) is 41.6 Å². The molecular weight excluding hydrogens is 260 g/mol. The van der Waals surface area contributed by atoms with Crippen LogP contribution in [0.3, 0.4) is 0 Å². The van der Waals surface area contributed by atoms with Gasteiger partial charge in [0.2, 0.25) is 0 Å². The fourth-order valence-electron chi connectivity index (χ4n) is 3.90. The minimum absolute atomic E-state index is 0.255. The van der Waals surface area contributed by atoms with Gasteiger partial charge >= 0.3 is 0 Å². The molecule has 3 rings (SSSR count). The lowest BCUT2D eigenvalue weighted by Crippen LogP contribution is -2.50. The van der Waals surface area contributed by atoms with Crippen LogP contribution in [0.4, 0.5) is 0 Å². The largest absolute Gasteiger partial charge is 0.373 e. The van der Waals surface area contributed by atoms with Crippen LogP contribution in [-0.2, 0) is 4.74 Å². The molecule has 0 aromatic heterocycles. The number of rotatable bonds is 3. The molecule has 0 amide bonds. The van der Waals surface area contributed by atoms with Crippen molar-refractivity contribution in [1.29, 1.82) is 0 Å². The van der Waals surface area contributed by atoms with Crippen LogP contribution in [0.2, 0.25) is 0 Å². The number of benzene rings is 1. The molecule has 3 unspecified atom stereocenters. The molecule has 1 aromatic rings. The number of fused-ring (bicyclic) bond motifs is 1. The zero-order valence-corrected chi connectivity index (χ0v) is 13.8. The molecule has 3 atom stereocenters. The van der Waals surface area contributed by atoms with Gasteiger partial charge in [-0.25, -0.2) is 0 Å². The summed E-state index contributed by atoms with van der Waals surface area (Å²) in [5.41, 5.74) is 5.49. The first-order valence-electron chi connectivity index (χ1n) is 8.21. The molecule has 2 fully saturated rings. The maximum Gasteiger partial charge on any atom is 0.0897 e. The van der Waals surface area contributed by atoms with E-state index < -0.39 is 0 Å². The molecule has 3 heteroatoms. The summed E-state index contributed by atoms with van der Waals surface area (Å²) >= 11 is 0. The summed E-state index contributed by atoms with van der Waals surface area (Å²) in [5, 5.41) is 3.50. The number of hydrogen-bond acceptors (Lipinski definition) is 3. The van der Waals surface area contributed by atoms with E-state index in [1.54, 1.807) is 0 Å². The van der Waals surface area contributed by atoms with E-state index in [-0.39, 0.29) is 12.1 Å². The molecule has 2 aliphatic heterocycles. The number of nitrogens with zero attached hydrogens (tertiary/aromatic N) is 1. The summed E-state index contributed by atoms with van der Waals surface area (Å²) in [7, 11) is 2.05. The highest BCUT2D eigenvalue weighted by molar-refractivity contribution is 5.38. The summed E-state index contributed by atoms with van der Waals surface area (Å²) < 4.78 is 6.22. The van der Waals surface area contributed by atoms with Gasteiger partial charge in [0.15, 0.2) is 0 Å². The second-order valence-electron chi connectivity index (χ2n) is 6.72. The van der Waals surface area contributed by atoms with Gasteiger partial charge in [-0.1, -0.05) is 12.1 Å². The topological polar surface area (TPSA) is 24.5 Å². The third-order valence-electron chi connectivity index (χ3n) is 5.32. The highest BCUT2D eigenvalue weighted by Crippen LogP contribution is 2.31. The maximum absolute atomic E-state index is 6.22. The number of nitrogens with one attached hydrogen (secondary N) is 1. The van der Waals surface area contributed by atoms with Crippen molar-refractivity contribution in [2.24, 2.45) is 0 Å². The van der Waals surface area contributed by atoms with Crippen molar-refractivity contribution in [2.45, 2.75) is 51.8 Å². The minimum atomic E-state index is 0.255. The second-order valence-corrected chi connectivity index (χ2v) is 6.72. The molecule has 0 spiro atoms. The highest BCUT2D eigenvalue weighted by Gasteiger charge is 2.36. The van der Waals surface area contributed by atoms with Crippen molar-refractivity contribution < 1.29 is 4.74 Å². The molecule has 0 bridgehead atoms. The SMILES string of the molecule is CNC(c1cc(C)c(C)cc1C)C1CN2CCCC2CO1. The van der Waals surface area contributed by atoms with E-state index in [2.05, 4.69) is 50.2 Å². The third-order valence-corrected chi connectivity index (χ3v) is 5.32. The normalized spacial score (nSPS) is 27.6. The quantitative estimate of drug-likeness (QED) is 0.925. The number of hydrogen-bond donors (Lipinski definition) is 1. The van der Waals surface area contributed by atoms with Crippen LogP contribution in [0.25, 0.3) is 0 Å². The number of aryl methyl sites for hydroxylation is 3. The van der Waals surface area contributed by atoms with Gasteiger partial charge in [-0.3, -0.25) is 4.90 Å². The van der Waals surface area contributed by atoms with Gasteiger partial charge in [-0.2, -0.15) is 0 Å². The molecule has 0 saturated carbocycles. The summed E-state index contributed by atoms with van der Waals surface area (Å²) in [6.45, 7) is 9.80. The van der Waals surface area contributed by atoms with Gasteiger partial charge in [0.1, 0.15) is 0 Å². The molecule has 3 nitrogen and oxygen atoms in total. The van der Waals surface area contributed by atoms with E-state index in [0.717, 1.165) is 13.2 Å². The fraction of sp³-hybridized carbons (Fsp3) is 0.667. The van der Waals surface area contributed by atoms with Crippen molar-refractivity contribution in [1.82, 2.24) is 10.2 Å². The summed E-state index contributed by atoms with van der Waals surface area (Å²) in [4.78, 5) is 2.62. The van der Waals surface area contributed by atoms with Crippen LogP contribution in [0.1, 0.15) is 41.1 Å². The Kier molecular flexibility index (Phi) is 4.34. The van der Waals surface area contributed by atoms with Gasteiger partial charge in [-0.15, -0.1) is 0 Å². The number of morpholine rings is 1. The van der Waals surface area contributed by atoms with Crippen LogP contribution >= 0.6 is 0 Å². The van der Waals surface area contributed by atoms with Crippen LogP contribution < -0.4 is 5.32 Å². The van der Waals surface area contributed by atoms with Crippen molar-refractivity contribution in [3.8, 4) is 0 Å². The first-order chi connectivity index (χ1) is 10.1. The van der Waals surface area contributed by atoms with Crippen molar-refractivity contribution >= 4 is 0 Å². The van der Waals surface area contributed by atoms with Gasteiger partial charge < -0.3 is 10.1 Å². The van der Waals surface area contributed by atoms with Crippen molar-refractivity contribution in [3.63, 3.8) is 0 Å². The summed E-state index contributed by atoms with van der Waals surface area (Å²) in [5.74, 6) is 0. The first kappa shape index (κ1) is 15.0. The first-order valence-corrected chi connectivity index (χ1v) is 8.21. The Bertz CT molecular complexity index is 514. The Labute approximate surface area is 128 Å². The Morgan fingerprint density at radius 3 is 2.71 bits per heavy atom. The highest BCUT2D eigenvalue weighted by atomic mass is 16.5. The summed E-state index contributed by atoms with van der Waals surface area (Å²) in [6, 6.07) is 5.59. The second kappa shape index (κ2) is 6.07. The van der Waals surface area contributed by atoms with Crippen LogP contribution in [0.15, 0.2) is 12.1 Å². The average molecular weight is 288 g/mol. The van der Waals surface area contributed by atoms with E-state index in [9.17, 15) is 0 Å². The lowest BCUT2D eigenvalue weighted by Gasteiger charge is -2.39. The Morgan fingerprint density at radius 2 is 1.95 bits per heavy atom.